The molecule has 0 spiro atoms. The second kappa shape index (κ2) is 4.12. The molecule has 0 bridgehead atoms. The van der Waals surface area contributed by atoms with Crippen molar-refractivity contribution in [1.29, 1.82) is 0 Å². The van der Waals surface area contributed by atoms with Gasteiger partial charge in [-0.25, -0.2) is 13.5 Å². The number of aromatic nitrogens is 3. The molecule has 0 saturated carbocycles. The number of rotatable bonds is 1. The van der Waals surface area contributed by atoms with Gasteiger partial charge >= 0.3 is 0 Å². The summed E-state index contributed by atoms with van der Waals surface area (Å²) in [5, 5.41) is 7.59. The van der Waals surface area contributed by atoms with Crippen LogP contribution in [0.15, 0.2) is 23.3 Å². The highest BCUT2D eigenvalue weighted by atomic mass is 19.2. The number of fused-ring (bicyclic) bond motifs is 1. The monoisotopic (exact) mass is 273 g/mol. The Bertz CT molecular complexity index is 727. The predicted molar refractivity (Wildman–Crippen MR) is 69.8 cm³/mol. The summed E-state index contributed by atoms with van der Waals surface area (Å²) in [4.78, 5) is 4.27. The summed E-state index contributed by atoms with van der Waals surface area (Å²) in [6.07, 6.45) is 1.47. The lowest BCUT2D eigenvalue weighted by molar-refractivity contribution is 0.352. The summed E-state index contributed by atoms with van der Waals surface area (Å²) in [5.41, 5.74) is 5.45. The average molecular weight is 273 g/mol. The molecule has 2 radical (unpaired) electrons. The van der Waals surface area contributed by atoms with Gasteiger partial charge in [0.15, 0.2) is 11.6 Å². The Balaban J connectivity index is 2.18. The van der Waals surface area contributed by atoms with E-state index < -0.39 is 17.2 Å². The molecule has 0 amide bonds. The van der Waals surface area contributed by atoms with Gasteiger partial charge in [0.05, 0.1) is 12.7 Å². The first-order valence-electron chi connectivity index (χ1n) is 5.90. The van der Waals surface area contributed by atoms with E-state index in [4.69, 9.17) is 13.6 Å². The van der Waals surface area contributed by atoms with E-state index in [1.807, 2.05) is 0 Å². The van der Waals surface area contributed by atoms with Gasteiger partial charge in [0, 0.05) is 5.56 Å². The van der Waals surface area contributed by atoms with Gasteiger partial charge < -0.3 is 5.73 Å². The standard InChI is InChI=1S/C12H10BF2N5/c1-12(7-2-6(13)3-8(14)10(7)15)5-20-9(4-17-19-20)11(16)18-12/h2-4H,5H2,1H3,(H2,16,18)/t12-/m0/s1. The van der Waals surface area contributed by atoms with Crippen LogP contribution < -0.4 is 11.2 Å². The maximum atomic E-state index is 14.1. The predicted octanol–water partition coefficient (Wildman–Crippen LogP) is -0.0156. The Hall–Kier alpha value is -2.25. The molecule has 8 heteroatoms. The summed E-state index contributed by atoms with van der Waals surface area (Å²) in [6.45, 7) is 1.84. The molecule has 1 aromatic heterocycles. The maximum Gasteiger partial charge on any atom is 0.164 e. The van der Waals surface area contributed by atoms with Crippen molar-refractivity contribution in [3.05, 3.63) is 41.2 Å². The molecule has 0 aliphatic carbocycles. The molecule has 3 rings (SSSR count). The Morgan fingerprint density at radius 1 is 1.40 bits per heavy atom. The fourth-order valence-corrected chi connectivity index (χ4v) is 2.37. The minimum Gasteiger partial charge on any atom is -0.382 e. The Morgan fingerprint density at radius 3 is 2.90 bits per heavy atom. The van der Waals surface area contributed by atoms with Crippen LogP contribution in [0.2, 0.25) is 0 Å². The molecule has 1 aliphatic rings. The van der Waals surface area contributed by atoms with Crippen LogP contribution in [0.3, 0.4) is 0 Å². The normalized spacial score (nSPS) is 21.4. The van der Waals surface area contributed by atoms with Crippen LogP contribution in [-0.2, 0) is 12.1 Å². The Labute approximate surface area is 114 Å². The number of hydrogen-bond acceptors (Lipinski definition) is 4. The molecule has 2 aromatic rings. The number of nitrogens with two attached hydrogens (primary N) is 1. The molecule has 1 aromatic carbocycles. The van der Waals surface area contributed by atoms with Crippen molar-refractivity contribution in [2.75, 3.05) is 0 Å². The molecule has 0 fully saturated rings. The topological polar surface area (TPSA) is 69.1 Å². The van der Waals surface area contributed by atoms with Crippen molar-refractivity contribution in [2.45, 2.75) is 19.0 Å². The number of hydrogen-bond donors (Lipinski definition) is 1. The zero-order valence-electron chi connectivity index (χ0n) is 10.6. The van der Waals surface area contributed by atoms with Gasteiger partial charge in [-0.2, -0.15) is 0 Å². The second-order valence-electron chi connectivity index (χ2n) is 4.91. The van der Waals surface area contributed by atoms with E-state index in [-0.39, 0.29) is 23.4 Å². The fourth-order valence-electron chi connectivity index (χ4n) is 2.37. The van der Waals surface area contributed by atoms with Gasteiger partial charge in [0.1, 0.15) is 24.9 Å². The fraction of sp³-hybridized carbons (Fsp3) is 0.250. The first-order valence-corrected chi connectivity index (χ1v) is 5.90. The van der Waals surface area contributed by atoms with Crippen LogP contribution in [0.1, 0.15) is 18.2 Å². The van der Waals surface area contributed by atoms with E-state index in [9.17, 15) is 8.78 Å². The highest BCUT2D eigenvalue weighted by molar-refractivity contribution is 6.32. The van der Waals surface area contributed by atoms with Crippen LogP contribution in [0.25, 0.3) is 0 Å². The summed E-state index contributed by atoms with van der Waals surface area (Å²) in [7, 11) is 5.58. The first-order chi connectivity index (χ1) is 9.40. The molecule has 0 saturated heterocycles. The average Bonchev–Trinajstić information content (AvgIpc) is 2.81. The lowest BCUT2D eigenvalue weighted by Crippen LogP contribution is -2.38. The minimum absolute atomic E-state index is 0.0408. The van der Waals surface area contributed by atoms with Crippen LogP contribution in [0, 0.1) is 11.6 Å². The van der Waals surface area contributed by atoms with Crippen molar-refractivity contribution in [1.82, 2.24) is 15.0 Å². The van der Waals surface area contributed by atoms with E-state index in [2.05, 4.69) is 15.3 Å². The molecule has 1 atom stereocenters. The number of amidine groups is 1. The lowest BCUT2D eigenvalue weighted by atomic mass is 9.85. The van der Waals surface area contributed by atoms with Crippen molar-refractivity contribution < 1.29 is 8.78 Å². The van der Waals surface area contributed by atoms with Crippen molar-refractivity contribution in [2.24, 2.45) is 10.7 Å². The third-order valence-electron chi connectivity index (χ3n) is 3.34. The van der Waals surface area contributed by atoms with Crippen molar-refractivity contribution in [3.63, 3.8) is 0 Å². The van der Waals surface area contributed by atoms with Crippen LogP contribution >= 0.6 is 0 Å². The molecular weight excluding hydrogens is 263 g/mol. The van der Waals surface area contributed by atoms with E-state index >= 15 is 0 Å². The molecule has 2 heterocycles. The zero-order chi connectivity index (χ0) is 14.5. The summed E-state index contributed by atoms with van der Waals surface area (Å²) < 4.78 is 29.1. The third kappa shape index (κ3) is 1.79. The van der Waals surface area contributed by atoms with Crippen LogP contribution in [-0.4, -0.2) is 28.7 Å². The van der Waals surface area contributed by atoms with E-state index in [0.29, 0.717) is 5.69 Å². The SMILES string of the molecule is [B]c1cc(F)c(F)c([C@]2(C)Cn3nncc3C(N)=N2)c1. The van der Waals surface area contributed by atoms with E-state index in [1.54, 1.807) is 6.92 Å². The largest absolute Gasteiger partial charge is 0.382 e. The van der Waals surface area contributed by atoms with Gasteiger partial charge in [-0.05, 0) is 13.0 Å². The molecular formula is C12H10BF2N5. The summed E-state index contributed by atoms with van der Waals surface area (Å²) in [6, 6.07) is 2.29. The quantitative estimate of drug-likeness (QED) is 0.743. The molecule has 1 aliphatic heterocycles. The second-order valence-corrected chi connectivity index (χ2v) is 4.91. The van der Waals surface area contributed by atoms with Gasteiger partial charge in [0.2, 0.25) is 0 Å². The van der Waals surface area contributed by atoms with Crippen LogP contribution in [0.5, 0.6) is 0 Å². The maximum absolute atomic E-state index is 14.1. The van der Waals surface area contributed by atoms with E-state index in [0.717, 1.165) is 6.07 Å². The van der Waals surface area contributed by atoms with Gasteiger partial charge in [-0.1, -0.05) is 16.7 Å². The highest BCUT2D eigenvalue weighted by Crippen LogP contribution is 2.32. The molecule has 20 heavy (non-hydrogen) atoms. The van der Waals surface area contributed by atoms with Crippen LogP contribution in [0.4, 0.5) is 8.78 Å². The lowest BCUT2D eigenvalue weighted by Gasteiger charge is -2.31. The van der Waals surface area contributed by atoms with Crippen molar-refractivity contribution in [3.8, 4) is 0 Å². The number of benzene rings is 1. The third-order valence-corrected chi connectivity index (χ3v) is 3.34. The Kier molecular flexibility index (Phi) is 2.63. The minimum atomic E-state index is -1.09. The Morgan fingerprint density at radius 2 is 2.15 bits per heavy atom. The van der Waals surface area contributed by atoms with E-state index in [1.165, 1.54) is 16.9 Å². The van der Waals surface area contributed by atoms with Crippen molar-refractivity contribution >= 4 is 19.1 Å². The number of nitrogens with zero attached hydrogens (tertiary/aromatic N) is 4. The molecule has 0 unspecified atom stereocenters. The van der Waals surface area contributed by atoms with Gasteiger partial charge in [0.25, 0.3) is 0 Å². The summed E-state index contributed by atoms with van der Waals surface area (Å²) >= 11 is 0. The van der Waals surface area contributed by atoms with Gasteiger partial charge in [-0.15, -0.1) is 5.10 Å². The number of halogens is 2. The molecule has 2 N–H and O–H groups in total. The smallest absolute Gasteiger partial charge is 0.164 e. The highest BCUT2D eigenvalue weighted by Gasteiger charge is 2.36. The first kappa shape index (κ1) is 12.8. The molecule has 5 nitrogen and oxygen atoms in total. The zero-order valence-corrected chi connectivity index (χ0v) is 10.6. The molecule has 100 valence electrons. The number of aliphatic imine (C=N–C) groups is 1. The van der Waals surface area contributed by atoms with Gasteiger partial charge in [-0.3, -0.25) is 4.99 Å². The summed E-state index contributed by atoms with van der Waals surface area (Å²) in [5.74, 6) is -1.83.